The molecular weight excluding hydrogens is 312 g/mol. The smallest absolute Gasteiger partial charge is 0.161 e. The van der Waals surface area contributed by atoms with Gasteiger partial charge in [-0.2, -0.15) is 0 Å². The first kappa shape index (κ1) is 17.5. The van der Waals surface area contributed by atoms with Crippen molar-refractivity contribution in [3.63, 3.8) is 0 Å². The number of phenols is 1. The van der Waals surface area contributed by atoms with Gasteiger partial charge in [-0.3, -0.25) is 4.79 Å². The first-order chi connectivity index (χ1) is 11.7. The third-order valence-electron chi connectivity index (χ3n) is 5.43. The Balaban J connectivity index is 1.84. The summed E-state index contributed by atoms with van der Waals surface area (Å²) in [5.41, 5.74) is 4.70. The standard InChI is InChI=1S/C22H26O3/c1-21(2)9-10-22(3,4)18-11-16(5-7-17(18)21)14-25-20-8-6-15(13-23)12-19(20)24/h5-8,11-13,24H,9-10,14H2,1-4H3. The van der Waals surface area contributed by atoms with E-state index in [2.05, 4.69) is 45.9 Å². The highest BCUT2D eigenvalue weighted by Crippen LogP contribution is 2.46. The second-order valence-electron chi connectivity index (χ2n) is 8.28. The van der Waals surface area contributed by atoms with Gasteiger partial charge in [-0.1, -0.05) is 45.9 Å². The van der Waals surface area contributed by atoms with Crippen LogP contribution < -0.4 is 4.74 Å². The van der Waals surface area contributed by atoms with Crippen LogP contribution in [-0.4, -0.2) is 11.4 Å². The van der Waals surface area contributed by atoms with E-state index in [0.717, 1.165) is 5.56 Å². The van der Waals surface area contributed by atoms with E-state index in [9.17, 15) is 9.90 Å². The van der Waals surface area contributed by atoms with Crippen molar-refractivity contribution in [3.05, 3.63) is 58.7 Å². The number of benzene rings is 2. The zero-order valence-corrected chi connectivity index (χ0v) is 15.4. The van der Waals surface area contributed by atoms with Gasteiger partial charge in [0, 0.05) is 5.56 Å². The van der Waals surface area contributed by atoms with Gasteiger partial charge in [0.1, 0.15) is 12.9 Å². The maximum atomic E-state index is 10.7. The molecule has 3 nitrogen and oxygen atoms in total. The lowest BCUT2D eigenvalue weighted by molar-refractivity contribution is 0.112. The maximum absolute atomic E-state index is 10.7. The minimum Gasteiger partial charge on any atom is -0.504 e. The van der Waals surface area contributed by atoms with E-state index >= 15 is 0 Å². The lowest BCUT2D eigenvalue weighted by Gasteiger charge is -2.42. The largest absolute Gasteiger partial charge is 0.504 e. The molecule has 3 rings (SSSR count). The third kappa shape index (κ3) is 3.41. The van der Waals surface area contributed by atoms with E-state index in [1.807, 2.05) is 0 Å². The Morgan fingerprint density at radius 3 is 2.32 bits per heavy atom. The molecule has 0 atom stereocenters. The zero-order valence-electron chi connectivity index (χ0n) is 15.4. The first-order valence-electron chi connectivity index (χ1n) is 8.78. The Kier molecular flexibility index (Phi) is 4.36. The van der Waals surface area contributed by atoms with Crippen molar-refractivity contribution in [1.82, 2.24) is 0 Å². The molecule has 3 heteroatoms. The molecule has 2 aromatic rings. The van der Waals surface area contributed by atoms with E-state index < -0.39 is 0 Å². The number of aldehydes is 1. The van der Waals surface area contributed by atoms with Gasteiger partial charge in [-0.05, 0) is 58.6 Å². The third-order valence-corrected chi connectivity index (χ3v) is 5.43. The van der Waals surface area contributed by atoms with E-state index in [4.69, 9.17) is 4.74 Å². The van der Waals surface area contributed by atoms with Crippen molar-refractivity contribution in [2.24, 2.45) is 0 Å². The minimum atomic E-state index is -0.0102. The van der Waals surface area contributed by atoms with Gasteiger partial charge in [0.15, 0.2) is 11.5 Å². The Morgan fingerprint density at radius 1 is 1.00 bits per heavy atom. The summed E-state index contributed by atoms with van der Waals surface area (Å²) < 4.78 is 5.77. The Hall–Kier alpha value is -2.29. The fourth-order valence-electron chi connectivity index (χ4n) is 3.62. The highest BCUT2D eigenvalue weighted by molar-refractivity contribution is 5.76. The van der Waals surface area contributed by atoms with Gasteiger partial charge in [-0.15, -0.1) is 0 Å². The lowest BCUT2D eigenvalue weighted by atomic mass is 9.63. The van der Waals surface area contributed by atoms with Crippen molar-refractivity contribution in [2.75, 3.05) is 0 Å². The summed E-state index contributed by atoms with van der Waals surface area (Å²) in [5.74, 6) is 0.381. The fraction of sp³-hybridized carbons (Fsp3) is 0.409. The summed E-state index contributed by atoms with van der Waals surface area (Å²) >= 11 is 0. The predicted molar refractivity (Wildman–Crippen MR) is 99.6 cm³/mol. The summed E-state index contributed by atoms with van der Waals surface area (Å²) in [6.45, 7) is 9.61. The molecule has 0 radical (unpaired) electrons. The van der Waals surface area contributed by atoms with Crippen molar-refractivity contribution in [3.8, 4) is 11.5 Å². The molecule has 1 N–H and O–H groups in total. The predicted octanol–water partition coefficient (Wildman–Crippen LogP) is 5.13. The average molecular weight is 338 g/mol. The maximum Gasteiger partial charge on any atom is 0.161 e. The van der Waals surface area contributed by atoms with E-state index in [0.29, 0.717) is 24.2 Å². The Bertz CT molecular complexity index is 803. The molecule has 0 fully saturated rings. The lowest BCUT2D eigenvalue weighted by Crippen LogP contribution is -2.33. The van der Waals surface area contributed by atoms with Crippen LogP contribution in [0.1, 0.15) is 67.6 Å². The molecule has 1 aliphatic rings. The number of rotatable bonds is 4. The van der Waals surface area contributed by atoms with Gasteiger partial charge in [0.2, 0.25) is 0 Å². The summed E-state index contributed by atoms with van der Waals surface area (Å²) in [5, 5.41) is 9.96. The van der Waals surface area contributed by atoms with Crippen molar-refractivity contribution in [1.29, 1.82) is 0 Å². The van der Waals surface area contributed by atoms with Crippen LogP contribution in [0.15, 0.2) is 36.4 Å². The molecule has 2 aromatic carbocycles. The molecule has 0 unspecified atom stereocenters. The number of carbonyl (C=O) groups is 1. The van der Waals surface area contributed by atoms with Crippen LogP contribution >= 0.6 is 0 Å². The molecule has 0 heterocycles. The van der Waals surface area contributed by atoms with E-state index in [-0.39, 0.29) is 16.6 Å². The van der Waals surface area contributed by atoms with Crippen LogP contribution in [0.25, 0.3) is 0 Å². The summed E-state index contributed by atoms with van der Waals surface area (Å²) in [7, 11) is 0. The summed E-state index contributed by atoms with van der Waals surface area (Å²) in [6, 6.07) is 11.3. The highest BCUT2D eigenvalue weighted by Gasteiger charge is 2.36. The van der Waals surface area contributed by atoms with Crippen molar-refractivity contribution in [2.45, 2.75) is 58.0 Å². The molecule has 0 aromatic heterocycles. The van der Waals surface area contributed by atoms with Crippen molar-refractivity contribution < 1.29 is 14.6 Å². The topological polar surface area (TPSA) is 46.5 Å². The second-order valence-corrected chi connectivity index (χ2v) is 8.28. The van der Waals surface area contributed by atoms with Crippen LogP contribution in [0.3, 0.4) is 0 Å². The zero-order chi connectivity index (χ0) is 18.2. The van der Waals surface area contributed by atoms with E-state index in [1.54, 1.807) is 12.1 Å². The number of ether oxygens (including phenoxy) is 1. The molecule has 132 valence electrons. The SMILES string of the molecule is CC1(C)CCC(C)(C)c2cc(COc3ccc(C=O)cc3O)ccc21. The number of phenolic OH excluding ortho intramolecular Hbond substituents is 1. The molecule has 0 saturated carbocycles. The molecule has 0 bridgehead atoms. The molecule has 0 amide bonds. The number of aromatic hydroxyl groups is 1. The minimum absolute atomic E-state index is 0.0102. The molecule has 0 saturated heterocycles. The summed E-state index contributed by atoms with van der Waals surface area (Å²) in [6.07, 6.45) is 3.07. The van der Waals surface area contributed by atoms with Gasteiger partial charge in [-0.25, -0.2) is 0 Å². The quantitative estimate of drug-likeness (QED) is 0.786. The van der Waals surface area contributed by atoms with Crippen LogP contribution in [-0.2, 0) is 17.4 Å². The number of carbonyl (C=O) groups excluding carboxylic acids is 1. The number of hydrogen-bond acceptors (Lipinski definition) is 3. The average Bonchev–Trinajstić information content (AvgIpc) is 2.58. The first-order valence-corrected chi connectivity index (χ1v) is 8.78. The van der Waals surface area contributed by atoms with Crippen LogP contribution in [0.5, 0.6) is 11.5 Å². The number of hydrogen-bond donors (Lipinski definition) is 1. The highest BCUT2D eigenvalue weighted by atomic mass is 16.5. The van der Waals surface area contributed by atoms with Crippen LogP contribution in [0.4, 0.5) is 0 Å². The molecular formula is C22H26O3. The van der Waals surface area contributed by atoms with Gasteiger partial charge < -0.3 is 9.84 Å². The molecule has 25 heavy (non-hydrogen) atoms. The summed E-state index contributed by atoms with van der Waals surface area (Å²) in [4.78, 5) is 10.7. The van der Waals surface area contributed by atoms with Crippen molar-refractivity contribution >= 4 is 6.29 Å². The van der Waals surface area contributed by atoms with E-state index in [1.165, 1.54) is 30.0 Å². The van der Waals surface area contributed by atoms with Gasteiger partial charge >= 0.3 is 0 Å². The molecule has 0 aliphatic heterocycles. The Labute approximate surface area is 149 Å². The monoisotopic (exact) mass is 338 g/mol. The molecule has 1 aliphatic carbocycles. The second kappa shape index (κ2) is 6.21. The fourth-order valence-corrected chi connectivity index (χ4v) is 3.62. The molecule has 0 spiro atoms. The Morgan fingerprint density at radius 2 is 1.68 bits per heavy atom. The van der Waals surface area contributed by atoms with Gasteiger partial charge in [0.25, 0.3) is 0 Å². The number of fused-ring (bicyclic) bond motifs is 1. The van der Waals surface area contributed by atoms with Gasteiger partial charge in [0.05, 0.1) is 0 Å². The van der Waals surface area contributed by atoms with Crippen LogP contribution in [0, 0.1) is 0 Å². The van der Waals surface area contributed by atoms with Crippen LogP contribution in [0.2, 0.25) is 0 Å². The normalized spacial score (nSPS) is 17.6.